The van der Waals surface area contributed by atoms with Gasteiger partial charge in [-0.1, -0.05) is 32.9 Å². The molecule has 0 spiro atoms. The van der Waals surface area contributed by atoms with Gasteiger partial charge >= 0.3 is 12.1 Å². The minimum Gasteiger partial charge on any atom is -0.463 e. The quantitative estimate of drug-likeness (QED) is 0.411. The Morgan fingerprint density at radius 1 is 1.23 bits per heavy atom. The number of esters is 1. The molecule has 0 aromatic carbocycles. The van der Waals surface area contributed by atoms with E-state index < -0.39 is 51.5 Å². The smallest absolute Gasteiger partial charge is 0.389 e. The summed E-state index contributed by atoms with van der Waals surface area (Å²) in [6.07, 6.45) is -6.12. The summed E-state index contributed by atoms with van der Waals surface area (Å²) < 4.78 is 66.1. The molecule has 1 heterocycles. The van der Waals surface area contributed by atoms with Gasteiger partial charge in [0.25, 0.3) is 0 Å². The van der Waals surface area contributed by atoms with Crippen molar-refractivity contribution in [2.75, 3.05) is 17.7 Å². The number of hydrogen-bond acceptors (Lipinski definition) is 7. The first-order valence-electron chi connectivity index (χ1n) is 9.66. The molecule has 8 nitrogen and oxygen atoms in total. The van der Waals surface area contributed by atoms with Gasteiger partial charge in [-0.15, -0.1) is 0 Å². The van der Waals surface area contributed by atoms with Gasteiger partial charge in [-0.3, -0.25) is 19.2 Å². The molecule has 0 aliphatic rings. The van der Waals surface area contributed by atoms with E-state index in [1.165, 1.54) is 19.9 Å². The summed E-state index contributed by atoms with van der Waals surface area (Å²) in [6, 6.07) is 1.49. The Kier molecular flexibility index (Phi) is 8.60. The lowest BCUT2D eigenvalue weighted by Crippen LogP contribution is -2.42. The van der Waals surface area contributed by atoms with E-state index in [1.807, 2.05) is 0 Å². The molecule has 0 atom stereocenters. The van der Waals surface area contributed by atoms with E-state index >= 15 is 0 Å². The topological polar surface area (TPSA) is 122 Å². The molecule has 12 heteroatoms. The molecule has 3 N–H and O–H groups in total. The Morgan fingerprint density at radius 3 is 2.32 bits per heavy atom. The van der Waals surface area contributed by atoms with Crippen molar-refractivity contribution in [3.05, 3.63) is 11.8 Å². The molecule has 0 saturated carbocycles. The third kappa shape index (κ3) is 7.69. The van der Waals surface area contributed by atoms with Crippen molar-refractivity contribution in [3.63, 3.8) is 0 Å². The molecule has 0 bridgehead atoms. The van der Waals surface area contributed by atoms with Crippen molar-refractivity contribution < 1.29 is 41.1 Å². The van der Waals surface area contributed by atoms with Gasteiger partial charge in [0.15, 0.2) is 4.75 Å². The number of carbonyl (C=O) groups is 2. The lowest BCUT2D eigenvalue weighted by Gasteiger charge is -2.44. The second-order valence-electron chi connectivity index (χ2n) is 8.78. The maximum atomic E-state index is 12.5. The van der Waals surface area contributed by atoms with Gasteiger partial charge in [-0.2, -0.15) is 23.8 Å². The summed E-state index contributed by atoms with van der Waals surface area (Å²) in [4.78, 5) is 24.3. The number of amides is 1. The SMILES string of the molecule is CC(C)C(=O)Nc1cc(C(C)(C)COC(=O)C(C)(C)S(O)(O)CCCC(F)(F)F)no1. The molecule has 0 radical (unpaired) electrons. The summed E-state index contributed by atoms with van der Waals surface area (Å²) in [5.74, 6) is -1.91. The maximum absolute atomic E-state index is 12.5. The van der Waals surface area contributed by atoms with Gasteiger partial charge in [-0.05, 0) is 20.3 Å². The number of aromatic nitrogens is 1. The molecule has 1 aromatic heterocycles. The van der Waals surface area contributed by atoms with E-state index in [-0.39, 0.29) is 24.3 Å². The third-order valence-electron chi connectivity index (χ3n) is 4.74. The van der Waals surface area contributed by atoms with Gasteiger partial charge in [0.05, 0.1) is 5.69 Å². The van der Waals surface area contributed by atoms with E-state index in [1.54, 1.807) is 27.7 Å². The van der Waals surface area contributed by atoms with Crippen LogP contribution in [0, 0.1) is 5.92 Å². The van der Waals surface area contributed by atoms with E-state index in [0.29, 0.717) is 5.69 Å². The fourth-order valence-corrected chi connectivity index (χ4v) is 3.66. The van der Waals surface area contributed by atoms with Crippen LogP contribution < -0.4 is 5.32 Å². The monoisotopic (exact) mass is 472 g/mol. The Balaban J connectivity index is 2.76. The summed E-state index contributed by atoms with van der Waals surface area (Å²) in [5, 5.41) is 6.43. The van der Waals surface area contributed by atoms with Crippen LogP contribution in [-0.4, -0.2) is 49.4 Å². The second kappa shape index (κ2) is 9.78. The second-order valence-corrected chi connectivity index (χ2v) is 11.5. The van der Waals surface area contributed by atoms with Gasteiger partial charge in [0.1, 0.15) is 6.61 Å². The molecule has 180 valence electrons. The highest BCUT2D eigenvalue weighted by molar-refractivity contribution is 8.26. The van der Waals surface area contributed by atoms with Crippen molar-refractivity contribution in [1.82, 2.24) is 5.16 Å². The number of nitrogens with zero attached hydrogens (tertiary/aromatic N) is 1. The first-order valence-corrected chi connectivity index (χ1v) is 11.4. The highest BCUT2D eigenvalue weighted by Gasteiger charge is 2.44. The number of halogens is 3. The van der Waals surface area contributed by atoms with Gasteiger partial charge in [-0.25, -0.2) is 4.79 Å². The zero-order valence-corrected chi connectivity index (χ0v) is 19.3. The van der Waals surface area contributed by atoms with Crippen LogP contribution in [0.1, 0.15) is 60.1 Å². The molecule has 0 saturated heterocycles. The van der Waals surface area contributed by atoms with Gasteiger partial charge in [0, 0.05) is 29.6 Å². The number of ether oxygens (including phenoxy) is 1. The van der Waals surface area contributed by atoms with Crippen LogP contribution in [0.5, 0.6) is 0 Å². The Hall–Kier alpha value is -1.79. The Labute approximate surface area is 181 Å². The average molecular weight is 473 g/mol. The molecule has 1 amide bonds. The normalized spacial score (nSPS) is 13.9. The maximum Gasteiger partial charge on any atom is 0.389 e. The summed E-state index contributed by atoms with van der Waals surface area (Å²) in [6.45, 7) is 9.05. The zero-order chi connectivity index (χ0) is 24.3. The van der Waals surface area contributed by atoms with Crippen LogP contribution in [0.25, 0.3) is 0 Å². The van der Waals surface area contributed by atoms with E-state index in [9.17, 15) is 31.9 Å². The number of rotatable bonds is 10. The number of carbonyl (C=O) groups excluding carboxylic acids is 2. The largest absolute Gasteiger partial charge is 0.463 e. The highest BCUT2D eigenvalue weighted by atomic mass is 32.3. The minimum absolute atomic E-state index is 0.132. The molecule has 0 fully saturated rings. The van der Waals surface area contributed by atoms with Crippen LogP contribution in [0.15, 0.2) is 10.6 Å². The summed E-state index contributed by atoms with van der Waals surface area (Å²) >= 11 is 0. The lowest BCUT2D eigenvalue weighted by atomic mass is 9.90. The van der Waals surface area contributed by atoms with Crippen molar-refractivity contribution in [1.29, 1.82) is 0 Å². The van der Waals surface area contributed by atoms with Crippen molar-refractivity contribution in [3.8, 4) is 0 Å². The van der Waals surface area contributed by atoms with Crippen LogP contribution >= 0.6 is 10.6 Å². The number of alkyl halides is 3. The predicted octanol–water partition coefficient (Wildman–Crippen LogP) is 4.96. The van der Waals surface area contributed by atoms with Crippen molar-refractivity contribution >= 4 is 28.4 Å². The Morgan fingerprint density at radius 2 is 1.81 bits per heavy atom. The highest BCUT2D eigenvalue weighted by Crippen LogP contribution is 2.53. The predicted molar refractivity (Wildman–Crippen MR) is 111 cm³/mol. The average Bonchev–Trinajstić information content (AvgIpc) is 3.07. The van der Waals surface area contributed by atoms with Gasteiger partial charge in [0.2, 0.25) is 11.8 Å². The minimum atomic E-state index is -4.42. The van der Waals surface area contributed by atoms with Crippen LogP contribution in [-0.2, 0) is 19.7 Å². The molecular formula is C19H31F3N2O6S. The van der Waals surface area contributed by atoms with E-state index in [2.05, 4.69) is 10.5 Å². The first kappa shape index (κ1) is 27.2. The molecule has 0 aliphatic carbocycles. The molecule has 31 heavy (non-hydrogen) atoms. The zero-order valence-electron chi connectivity index (χ0n) is 18.5. The molecule has 1 aromatic rings. The number of hydrogen-bond donors (Lipinski definition) is 3. The molecule has 0 aliphatic heterocycles. The van der Waals surface area contributed by atoms with Crippen molar-refractivity contribution in [2.24, 2.45) is 5.92 Å². The fourth-order valence-electron chi connectivity index (χ4n) is 2.28. The fraction of sp³-hybridized carbons (Fsp3) is 0.737. The number of nitrogens with one attached hydrogen (secondary N) is 1. The molecular weight excluding hydrogens is 441 g/mol. The van der Waals surface area contributed by atoms with Gasteiger partial charge < -0.3 is 9.26 Å². The first-order chi connectivity index (χ1) is 13.9. The Bertz CT molecular complexity index is 775. The third-order valence-corrected chi connectivity index (χ3v) is 7.40. The molecule has 0 unspecified atom stereocenters. The molecule has 1 rings (SSSR count). The van der Waals surface area contributed by atoms with E-state index in [4.69, 9.17) is 9.26 Å². The van der Waals surface area contributed by atoms with Crippen LogP contribution in [0.4, 0.5) is 19.1 Å². The number of anilines is 1. The summed E-state index contributed by atoms with van der Waals surface area (Å²) in [7, 11) is -3.69. The lowest BCUT2D eigenvalue weighted by molar-refractivity contribution is -0.147. The summed E-state index contributed by atoms with van der Waals surface area (Å²) in [5.41, 5.74) is -0.469. The standard InChI is InChI=1S/C19H31F3N2O6S/c1-12(2)15(25)23-14-10-13(24-30-14)17(3,4)11-29-16(26)18(5,6)31(27,28)9-7-8-19(20,21)22/h10,12,27-28H,7-9,11H2,1-6H3,(H,23,25). The van der Waals surface area contributed by atoms with Crippen LogP contribution in [0.2, 0.25) is 0 Å². The van der Waals surface area contributed by atoms with Crippen LogP contribution in [0.3, 0.4) is 0 Å². The van der Waals surface area contributed by atoms with E-state index in [0.717, 1.165) is 0 Å². The van der Waals surface area contributed by atoms with Crippen molar-refractivity contribution in [2.45, 2.75) is 70.7 Å².